The van der Waals surface area contributed by atoms with E-state index in [9.17, 15) is 9.36 Å². The van der Waals surface area contributed by atoms with Crippen molar-refractivity contribution in [3.05, 3.63) is 29.6 Å². The standard InChI is InChI=1S/C16H23N4O7P/c1-10(2)16(21)25-7-11-3-6-14(27-11)12-4-5-13-15(17)19(8-18-20(12)13)9-26-28(22,23)24/h4-5,8,10-11,14,17H,3,6-7,9H2,1-2H3,(H2,22,23,24). The van der Waals surface area contributed by atoms with Gasteiger partial charge in [-0.3, -0.25) is 19.3 Å². The summed E-state index contributed by atoms with van der Waals surface area (Å²) < 4.78 is 29.2. The highest BCUT2D eigenvalue weighted by molar-refractivity contribution is 7.46. The van der Waals surface area contributed by atoms with Gasteiger partial charge in [-0.1, -0.05) is 13.8 Å². The van der Waals surface area contributed by atoms with Gasteiger partial charge < -0.3 is 19.3 Å². The quantitative estimate of drug-likeness (QED) is 0.451. The third-order valence-electron chi connectivity index (χ3n) is 4.41. The lowest BCUT2D eigenvalue weighted by Gasteiger charge is -2.15. The van der Waals surface area contributed by atoms with Crippen LogP contribution in [0.25, 0.3) is 5.52 Å². The third kappa shape index (κ3) is 4.68. The number of hydrogen-bond donors (Lipinski definition) is 3. The number of phosphoric acid groups is 1. The summed E-state index contributed by atoms with van der Waals surface area (Å²) in [5, 5.41) is 12.4. The molecule has 2 aromatic heterocycles. The number of ether oxygens (including phenoxy) is 2. The van der Waals surface area contributed by atoms with Gasteiger partial charge in [0.15, 0.2) is 5.49 Å². The number of carbonyl (C=O) groups excluding carboxylic acids is 1. The fourth-order valence-electron chi connectivity index (χ4n) is 2.94. The largest absolute Gasteiger partial charge is 0.471 e. The number of fused-ring (bicyclic) bond motifs is 1. The number of nitrogens with zero attached hydrogens (tertiary/aromatic N) is 3. The van der Waals surface area contributed by atoms with Gasteiger partial charge in [-0.25, -0.2) is 9.08 Å². The predicted octanol–water partition coefficient (Wildman–Crippen LogP) is 1.10. The summed E-state index contributed by atoms with van der Waals surface area (Å²) in [6.07, 6.45) is 2.28. The van der Waals surface area contributed by atoms with Gasteiger partial charge >= 0.3 is 13.8 Å². The Labute approximate surface area is 160 Å². The first kappa shape index (κ1) is 20.7. The van der Waals surface area contributed by atoms with Crippen LogP contribution in [0.2, 0.25) is 0 Å². The molecule has 0 aliphatic carbocycles. The highest BCUT2D eigenvalue weighted by Crippen LogP contribution is 2.36. The van der Waals surface area contributed by atoms with Gasteiger partial charge in [0.25, 0.3) is 0 Å². The molecule has 0 aromatic carbocycles. The molecule has 3 rings (SSSR count). The topological polar surface area (TPSA) is 148 Å². The van der Waals surface area contributed by atoms with Crippen molar-refractivity contribution < 1.29 is 33.1 Å². The van der Waals surface area contributed by atoms with Crippen molar-refractivity contribution in [2.75, 3.05) is 6.61 Å². The van der Waals surface area contributed by atoms with E-state index in [2.05, 4.69) is 9.62 Å². The highest BCUT2D eigenvalue weighted by Gasteiger charge is 2.30. The molecule has 0 bridgehead atoms. The molecule has 2 atom stereocenters. The van der Waals surface area contributed by atoms with Gasteiger partial charge in [0.05, 0.1) is 17.7 Å². The molecular weight excluding hydrogens is 391 g/mol. The van der Waals surface area contributed by atoms with Crippen LogP contribution in [-0.2, 0) is 30.1 Å². The summed E-state index contributed by atoms with van der Waals surface area (Å²) in [4.78, 5) is 29.2. The number of esters is 1. The first-order valence-electron chi connectivity index (χ1n) is 8.79. The van der Waals surface area contributed by atoms with Crippen LogP contribution in [0.4, 0.5) is 0 Å². The number of phosphoric ester groups is 1. The van der Waals surface area contributed by atoms with Crippen LogP contribution in [0.3, 0.4) is 0 Å². The number of aromatic nitrogens is 3. The fourth-order valence-corrected chi connectivity index (χ4v) is 3.21. The fraction of sp³-hybridized carbons (Fsp3) is 0.562. The average molecular weight is 414 g/mol. The van der Waals surface area contributed by atoms with E-state index in [1.54, 1.807) is 30.5 Å². The molecule has 1 saturated heterocycles. The van der Waals surface area contributed by atoms with Crippen LogP contribution in [0, 0.1) is 11.3 Å². The van der Waals surface area contributed by atoms with Gasteiger partial charge in [0.2, 0.25) is 0 Å². The monoisotopic (exact) mass is 414 g/mol. The second-order valence-electron chi connectivity index (χ2n) is 6.86. The molecule has 0 saturated carbocycles. The minimum absolute atomic E-state index is 0.00453. The molecule has 154 valence electrons. The van der Waals surface area contributed by atoms with Crippen LogP contribution in [-0.4, -0.2) is 42.6 Å². The van der Waals surface area contributed by atoms with Crippen molar-refractivity contribution in [1.29, 1.82) is 5.41 Å². The lowest BCUT2D eigenvalue weighted by atomic mass is 10.1. The van der Waals surface area contributed by atoms with Crippen LogP contribution in [0.15, 0.2) is 18.5 Å². The molecule has 0 spiro atoms. The molecule has 3 N–H and O–H groups in total. The van der Waals surface area contributed by atoms with Gasteiger partial charge in [-0.05, 0) is 25.0 Å². The van der Waals surface area contributed by atoms with E-state index in [1.807, 2.05) is 0 Å². The summed E-state index contributed by atoms with van der Waals surface area (Å²) in [7, 11) is -4.65. The molecule has 28 heavy (non-hydrogen) atoms. The Morgan fingerprint density at radius 2 is 2.18 bits per heavy atom. The lowest BCUT2D eigenvalue weighted by molar-refractivity contribution is -0.151. The number of hydrogen-bond acceptors (Lipinski definition) is 7. The zero-order valence-corrected chi connectivity index (χ0v) is 16.4. The van der Waals surface area contributed by atoms with E-state index in [-0.39, 0.29) is 36.2 Å². The minimum atomic E-state index is -4.65. The second-order valence-corrected chi connectivity index (χ2v) is 8.10. The maximum Gasteiger partial charge on any atom is 0.471 e. The Bertz CT molecular complexity index is 964. The number of carbonyl (C=O) groups is 1. The van der Waals surface area contributed by atoms with Crippen molar-refractivity contribution in [3.63, 3.8) is 0 Å². The van der Waals surface area contributed by atoms with Crippen LogP contribution in [0.1, 0.15) is 38.5 Å². The smallest absolute Gasteiger partial charge is 0.463 e. The Morgan fingerprint density at radius 3 is 2.86 bits per heavy atom. The molecule has 3 heterocycles. The van der Waals surface area contributed by atoms with Crippen LogP contribution >= 0.6 is 7.82 Å². The molecule has 12 heteroatoms. The van der Waals surface area contributed by atoms with Crippen LogP contribution < -0.4 is 5.49 Å². The van der Waals surface area contributed by atoms with Crippen molar-refractivity contribution in [3.8, 4) is 0 Å². The van der Waals surface area contributed by atoms with E-state index in [1.165, 1.54) is 10.9 Å². The first-order chi connectivity index (χ1) is 13.2. The summed E-state index contributed by atoms with van der Waals surface area (Å²) in [5.41, 5.74) is 1.20. The number of nitrogens with one attached hydrogen (secondary N) is 1. The van der Waals surface area contributed by atoms with Crippen molar-refractivity contribution >= 4 is 19.3 Å². The number of rotatable bonds is 7. The predicted molar refractivity (Wildman–Crippen MR) is 94.8 cm³/mol. The van der Waals surface area contributed by atoms with E-state index in [0.717, 1.165) is 18.5 Å². The Morgan fingerprint density at radius 1 is 1.43 bits per heavy atom. The molecular formula is C16H23N4O7P. The summed E-state index contributed by atoms with van der Waals surface area (Å²) in [6.45, 7) is 3.26. The van der Waals surface area contributed by atoms with Gasteiger partial charge in [-0.2, -0.15) is 5.10 Å². The Hall–Kier alpha value is -2.04. The maximum absolute atomic E-state index is 11.6. The van der Waals surface area contributed by atoms with E-state index in [0.29, 0.717) is 5.52 Å². The van der Waals surface area contributed by atoms with Gasteiger partial charge in [-0.15, -0.1) is 0 Å². The molecule has 0 amide bonds. The van der Waals surface area contributed by atoms with Crippen molar-refractivity contribution in [2.45, 2.75) is 45.6 Å². The van der Waals surface area contributed by atoms with E-state index >= 15 is 0 Å². The molecule has 1 aliphatic heterocycles. The van der Waals surface area contributed by atoms with Crippen molar-refractivity contribution in [1.82, 2.24) is 14.2 Å². The minimum Gasteiger partial charge on any atom is -0.463 e. The second kappa shape index (κ2) is 8.14. The maximum atomic E-state index is 11.6. The van der Waals surface area contributed by atoms with Crippen LogP contribution in [0.5, 0.6) is 0 Å². The van der Waals surface area contributed by atoms with Gasteiger partial charge in [0, 0.05) is 0 Å². The highest BCUT2D eigenvalue weighted by atomic mass is 31.2. The summed E-state index contributed by atoms with van der Waals surface area (Å²) >= 11 is 0. The summed E-state index contributed by atoms with van der Waals surface area (Å²) in [6, 6.07) is 3.48. The first-order valence-corrected chi connectivity index (χ1v) is 10.3. The zero-order chi connectivity index (χ0) is 20.5. The van der Waals surface area contributed by atoms with E-state index in [4.69, 9.17) is 24.7 Å². The van der Waals surface area contributed by atoms with E-state index < -0.39 is 14.6 Å². The summed E-state index contributed by atoms with van der Waals surface area (Å²) in [5.74, 6) is -0.449. The normalized spacial score (nSPS) is 20.2. The molecule has 2 unspecified atom stereocenters. The molecule has 11 nitrogen and oxygen atoms in total. The average Bonchev–Trinajstić information content (AvgIpc) is 3.25. The third-order valence-corrected chi connectivity index (χ3v) is 4.86. The van der Waals surface area contributed by atoms with Gasteiger partial charge in [0.1, 0.15) is 31.3 Å². The Kier molecular flexibility index (Phi) is 6.01. The lowest BCUT2D eigenvalue weighted by Crippen LogP contribution is -2.24. The molecule has 1 aliphatic rings. The molecule has 0 radical (unpaired) electrons. The molecule has 2 aromatic rings. The SMILES string of the molecule is CC(C)C(=O)OCC1CCC(c2ccc3c(=N)n(COP(=O)(O)O)cnn23)O1. The van der Waals surface area contributed by atoms with Crippen molar-refractivity contribution in [2.24, 2.45) is 5.92 Å². The Balaban J connectivity index is 1.71. The zero-order valence-electron chi connectivity index (χ0n) is 15.5. The molecule has 1 fully saturated rings.